The van der Waals surface area contributed by atoms with Gasteiger partial charge in [0, 0.05) is 5.56 Å². The molecule has 0 radical (unpaired) electrons. The van der Waals surface area contributed by atoms with E-state index in [4.69, 9.17) is 9.47 Å². The molecule has 1 heterocycles. The highest BCUT2D eigenvalue weighted by Gasteiger charge is 2.11. The number of aryl methyl sites for hydroxylation is 1. The molecule has 4 rings (SSSR count). The van der Waals surface area contributed by atoms with E-state index in [1.807, 2.05) is 61.5 Å². The molecule has 4 nitrogen and oxygen atoms in total. The first kappa shape index (κ1) is 17.2. The number of rotatable bonds is 6. The lowest BCUT2D eigenvalue weighted by atomic mass is 10.1. The molecule has 0 unspecified atom stereocenters. The van der Waals surface area contributed by atoms with Crippen molar-refractivity contribution in [2.45, 2.75) is 20.5 Å². The van der Waals surface area contributed by atoms with Crippen molar-refractivity contribution in [3.05, 3.63) is 77.9 Å². The lowest BCUT2D eigenvalue weighted by molar-refractivity contribution is 0.269. The fraction of sp³-hybridized carbons (Fsp3) is 0.174. The average molecular weight is 358 g/mol. The van der Waals surface area contributed by atoms with Crippen molar-refractivity contribution in [1.82, 2.24) is 9.97 Å². The molecule has 4 heteroatoms. The number of imidazole rings is 1. The fourth-order valence-electron chi connectivity index (χ4n) is 3.06. The third-order valence-electron chi connectivity index (χ3n) is 4.55. The summed E-state index contributed by atoms with van der Waals surface area (Å²) in [6.07, 6.45) is 0. The quantitative estimate of drug-likeness (QED) is 0.494. The maximum atomic E-state index is 6.05. The van der Waals surface area contributed by atoms with Crippen LogP contribution < -0.4 is 9.47 Å². The molecule has 3 aromatic carbocycles. The van der Waals surface area contributed by atoms with E-state index in [0.717, 1.165) is 33.9 Å². The summed E-state index contributed by atoms with van der Waals surface area (Å²) in [7, 11) is 0. The fourth-order valence-corrected chi connectivity index (χ4v) is 3.06. The Morgan fingerprint density at radius 2 is 1.70 bits per heavy atom. The highest BCUT2D eigenvalue weighted by Crippen LogP contribution is 2.33. The van der Waals surface area contributed by atoms with Crippen LogP contribution in [0.4, 0.5) is 0 Å². The van der Waals surface area contributed by atoms with Crippen LogP contribution >= 0.6 is 0 Å². The molecule has 136 valence electrons. The number of hydrogen-bond donors (Lipinski definition) is 1. The number of fused-ring (bicyclic) bond motifs is 1. The van der Waals surface area contributed by atoms with E-state index < -0.39 is 0 Å². The summed E-state index contributed by atoms with van der Waals surface area (Å²) in [6, 6.07) is 22.2. The van der Waals surface area contributed by atoms with Gasteiger partial charge in [-0.3, -0.25) is 0 Å². The summed E-state index contributed by atoms with van der Waals surface area (Å²) >= 11 is 0. The Morgan fingerprint density at radius 1 is 0.889 bits per heavy atom. The number of ether oxygens (including phenoxy) is 2. The number of aromatic amines is 1. The molecule has 1 aromatic heterocycles. The first-order chi connectivity index (χ1) is 13.2. The molecule has 1 N–H and O–H groups in total. The van der Waals surface area contributed by atoms with Crippen LogP contribution in [0.5, 0.6) is 11.5 Å². The Kier molecular flexibility index (Phi) is 4.79. The predicted octanol–water partition coefficient (Wildman–Crippen LogP) is 5.52. The van der Waals surface area contributed by atoms with E-state index in [1.165, 1.54) is 11.1 Å². The lowest BCUT2D eigenvalue weighted by Crippen LogP contribution is -2.01. The average Bonchev–Trinajstić information content (AvgIpc) is 3.12. The molecule has 0 fully saturated rings. The maximum absolute atomic E-state index is 6.05. The molecule has 0 saturated heterocycles. The van der Waals surface area contributed by atoms with Crippen LogP contribution in [0.1, 0.15) is 18.1 Å². The zero-order valence-corrected chi connectivity index (χ0v) is 15.5. The topological polar surface area (TPSA) is 47.1 Å². The Hall–Kier alpha value is -3.27. The van der Waals surface area contributed by atoms with Gasteiger partial charge in [-0.1, -0.05) is 36.4 Å². The van der Waals surface area contributed by atoms with Crippen LogP contribution in [0.25, 0.3) is 22.4 Å². The van der Waals surface area contributed by atoms with E-state index in [-0.39, 0.29) is 0 Å². The van der Waals surface area contributed by atoms with Crippen molar-refractivity contribution in [1.29, 1.82) is 0 Å². The maximum Gasteiger partial charge on any atom is 0.161 e. The number of H-pyrrole nitrogens is 1. The van der Waals surface area contributed by atoms with Crippen molar-refractivity contribution in [2.75, 3.05) is 6.61 Å². The Morgan fingerprint density at radius 3 is 2.52 bits per heavy atom. The van der Waals surface area contributed by atoms with Crippen molar-refractivity contribution in [2.24, 2.45) is 0 Å². The second-order valence-electron chi connectivity index (χ2n) is 6.41. The van der Waals surface area contributed by atoms with Gasteiger partial charge in [-0.2, -0.15) is 0 Å². The van der Waals surface area contributed by atoms with Gasteiger partial charge >= 0.3 is 0 Å². The van der Waals surface area contributed by atoms with E-state index >= 15 is 0 Å². The van der Waals surface area contributed by atoms with Crippen LogP contribution in [0.3, 0.4) is 0 Å². The Balaban J connectivity index is 1.62. The van der Waals surface area contributed by atoms with Crippen molar-refractivity contribution < 1.29 is 9.47 Å². The Labute approximate surface area is 158 Å². The smallest absolute Gasteiger partial charge is 0.161 e. The molecule has 4 aromatic rings. The Bertz CT molecular complexity index is 1040. The van der Waals surface area contributed by atoms with Crippen molar-refractivity contribution in [3.8, 4) is 22.9 Å². The second-order valence-corrected chi connectivity index (χ2v) is 6.41. The predicted molar refractivity (Wildman–Crippen MR) is 108 cm³/mol. The summed E-state index contributed by atoms with van der Waals surface area (Å²) in [6.45, 7) is 5.15. The summed E-state index contributed by atoms with van der Waals surface area (Å²) in [5.41, 5.74) is 5.32. The molecule has 0 spiro atoms. The van der Waals surface area contributed by atoms with Gasteiger partial charge in [-0.15, -0.1) is 0 Å². The van der Waals surface area contributed by atoms with Gasteiger partial charge < -0.3 is 14.5 Å². The molecule has 27 heavy (non-hydrogen) atoms. The summed E-state index contributed by atoms with van der Waals surface area (Å²) in [5.74, 6) is 2.28. The first-order valence-electron chi connectivity index (χ1n) is 9.14. The molecule has 0 bridgehead atoms. The zero-order chi connectivity index (χ0) is 18.6. The van der Waals surface area contributed by atoms with Crippen LogP contribution in [-0.2, 0) is 6.61 Å². The standard InChI is InChI=1S/C23H22N2O2/c1-3-26-22-14-17(23-24-19-10-6-7-11-20(19)25-23)12-13-21(22)27-15-18-9-5-4-8-16(18)2/h4-14H,3,15H2,1-2H3,(H,24,25). The van der Waals surface area contributed by atoms with Gasteiger partial charge in [0.1, 0.15) is 12.4 Å². The molecule has 0 saturated carbocycles. The van der Waals surface area contributed by atoms with Crippen molar-refractivity contribution in [3.63, 3.8) is 0 Å². The minimum atomic E-state index is 0.511. The SMILES string of the molecule is CCOc1cc(-c2nc3ccccc3[nH]2)ccc1OCc1ccccc1C. The van der Waals surface area contributed by atoms with Gasteiger partial charge in [-0.05, 0) is 55.3 Å². The van der Waals surface area contributed by atoms with Crippen molar-refractivity contribution >= 4 is 11.0 Å². The minimum absolute atomic E-state index is 0.511. The minimum Gasteiger partial charge on any atom is -0.490 e. The normalized spacial score (nSPS) is 10.9. The summed E-state index contributed by atoms with van der Waals surface area (Å²) in [5, 5.41) is 0. The van der Waals surface area contributed by atoms with E-state index in [9.17, 15) is 0 Å². The molecule has 0 aliphatic heterocycles. The van der Waals surface area contributed by atoms with E-state index in [2.05, 4.69) is 29.0 Å². The number of hydrogen-bond acceptors (Lipinski definition) is 3. The molecule has 0 aliphatic carbocycles. The summed E-state index contributed by atoms with van der Waals surface area (Å²) < 4.78 is 11.9. The van der Waals surface area contributed by atoms with Crippen LogP contribution in [0, 0.1) is 6.92 Å². The van der Waals surface area contributed by atoms with Gasteiger partial charge in [0.2, 0.25) is 0 Å². The van der Waals surface area contributed by atoms with Gasteiger partial charge in [-0.25, -0.2) is 4.98 Å². The highest BCUT2D eigenvalue weighted by molar-refractivity contribution is 5.79. The third-order valence-corrected chi connectivity index (χ3v) is 4.55. The zero-order valence-electron chi connectivity index (χ0n) is 15.5. The largest absolute Gasteiger partial charge is 0.490 e. The molecule has 0 amide bonds. The third kappa shape index (κ3) is 3.65. The van der Waals surface area contributed by atoms with E-state index in [1.54, 1.807) is 0 Å². The number of aromatic nitrogens is 2. The first-order valence-corrected chi connectivity index (χ1v) is 9.14. The molecule has 0 aliphatic rings. The number of nitrogens with one attached hydrogen (secondary N) is 1. The lowest BCUT2D eigenvalue weighted by Gasteiger charge is -2.14. The molecular formula is C23H22N2O2. The highest BCUT2D eigenvalue weighted by atomic mass is 16.5. The summed E-state index contributed by atoms with van der Waals surface area (Å²) in [4.78, 5) is 8.03. The monoisotopic (exact) mass is 358 g/mol. The number of para-hydroxylation sites is 2. The molecular weight excluding hydrogens is 336 g/mol. The van der Waals surface area contributed by atoms with E-state index in [0.29, 0.717) is 13.2 Å². The second kappa shape index (κ2) is 7.54. The number of nitrogens with zero attached hydrogens (tertiary/aromatic N) is 1. The van der Waals surface area contributed by atoms with Gasteiger partial charge in [0.25, 0.3) is 0 Å². The molecule has 0 atom stereocenters. The van der Waals surface area contributed by atoms with Gasteiger partial charge in [0.15, 0.2) is 11.5 Å². The number of benzene rings is 3. The van der Waals surface area contributed by atoms with Crippen LogP contribution in [-0.4, -0.2) is 16.6 Å². The van der Waals surface area contributed by atoms with Crippen LogP contribution in [0.15, 0.2) is 66.7 Å². The van der Waals surface area contributed by atoms with Gasteiger partial charge in [0.05, 0.1) is 17.6 Å². The van der Waals surface area contributed by atoms with Crippen LogP contribution in [0.2, 0.25) is 0 Å².